The van der Waals surface area contributed by atoms with E-state index in [9.17, 15) is 13.2 Å². The quantitative estimate of drug-likeness (QED) is 0.579. The molecule has 0 aliphatic heterocycles. The number of aryl methyl sites for hydroxylation is 1. The normalized spacial score (nSPS) is 12.5. The summed E-state index contributed by atoms with van der Waals surface area (Å²) in [5, 5.41) is 2.88. The summed E-state index contributed by atoms with van der Waals surface area (Å²) in [6.07, 6.45) is 6.13. The number of aromatic nitrogens is 3. The fourth-order valence-corrected chi connectivity index (χ4v) is 4.04. The number of rotatable bonds is 8. The lowest BCUT2D eigenvalue weighted by Crippen LogP contribution is -2.40. The van der Waals surface area contributed by atoms with Crippen LogP contribution in [-0.4, -0.2) is 53.9 Å². The average Bonchev–Trinajstić information content (AvgIpc) is 3.18. The Bertz CT molecular complexity index is 1110. The van der Waals surface area contributed by atoms with Crippen molar-refractivity contribution < 1.29 is 17.9 Å². The van der Waals surface area contributed by atoms with Gasteiger partial charge in [-0.25, -0.2) is 13.4 Å². The van der Waals surface area contributed by atoms with Gasteiger partial charge in [-0.05, 0) is 29.8 Å². The predicted molar refractivity (Wildman–Crippen MR) is 110 cm³/mol. The molecule has 3 aromatic rings. The topological polar surface area (TPSA) is 106 Å². The molecule has 1 N–H and O–H groups in total. The minimum Gasteiger partial charge on any atom is -0.497 e. The molecule has 3 rings (SSSR count). The number of nitrogens with zero attached hydrogens (tertiary/aromatic N) is 4. The van der Waals surface area contributed by atoms with E-state index in [2.05, 4.69) is 15.3 Å². The summed E-state index contributed by atoms with van der Waals surface area (Å²) in [4.78, 5) is 21.0. The molecule has 30 heavy (non-hydrogen) atoms. The molecule has 1 amide bonds. The van der Waals surface area contributed by atoms with Crippen molar-refractivity contribution in [2.45, 2.75) is 10.9 Å². The van der Waals surface area contributed by atoms with Crippen molar-refractivity contribution in [3.8, 4) is 5.75 Å². The zero-order valence-electron chi connectivity index (χ0n) is 16.9. The van der Waals surface area contributed by atoms with Gasteiger partial charge in [0.25, 0.3) is 0 Å². The number of methoxy groups -OCH3 is 1. The summed E-state index contributed by atoms with van der Waals surface area (Å²) < 4.78 is 33.4. The third-order valence-corrected chi connectivity index (χ3v) is 6.34. The van der Waals surface area contributed by atoms with Crippen LogP contribution in [0.1, 0.15) is 17.4 Å². The molecule has 9 nitrogen and oxygen atoms in total. The highest BCUT2D eigenvalue weighted by Crippen LogP contribution is 2.24. The van der Waals surface area contributed by atoms with Gasteiger partial charge in [0.05, 0.1) is 13.7 Å². The monoisotopic (exact) mass is 429 g/mol. The van der Waals surface area contributed by atoms with Crippen LogP contribution in [0.15, 0.2) is 66.1 Å². The van der Waals surface area contributed by atoms with Crippen molar-refractivity contribution in [3.05, 3.63) is 72.6 Å². The molecule has 0 radical (unpaired) electrons. The largest absolute Gasteiger partial charge is 0.497 e. The molecule has 2 aromatic heterocycles. The molecule has 2 heterocycles. The fourth-order valence-electron chi connectivity index (χ4n) is 2.95. The highest BCUT2D eigenvalue weighted by atomic mass is 32.2. The number of amides is 1. The molecule has 0 spiro atoms. The smallest absolute Gasteiger partial charge is 0.244 e. The van der Waals surface area contributed by atoms with Crippen LogP contribution in [0.4, 0.5) is 0 Å². The molecule has 0 aliphatic rings. The number of sulfonamides is 1. The van der Waals surface area contributed by atoms with E-state index in [-0.39, 0.29) is 11.4 Å². The van der Waals surface area contributed by atoms with Crippen molar-refractivity contribution in [3.63, 3.8) is 0 Å². The maximum absolute atomic E-state index is 12.8. The highest BCUT2D eigenvalue weighted by molar-refractivity contribution is 7.89. The first-order chi connectivity index (χ1) is 14.3. The molecule has 0 saturated carbocycles. The van der Waals surface area contributed by atoms with Crippen LogP contribution in [0.5, 0.6) is 5.75 Å². The Balaban J connectivity index is 1.82. The minimum absolute atomic E-state index is 0.0220. The van der Waals surface area contributed by atoms with Crippen LogP contribution in [0, 0.1) is 0 Å². The second-order valence-corrected chi connectivity index (χ2v) is 8.67. The summed E-state index contributed by atoms with van der Waals surface area (Å²) in [6.45, 7) is -0.359. The van der Waals surface area contributed by atoms with Gasteiger partial charge in [-0.2, -0.15) is 4.31 Å². The minimum atomic E-state index is -3.84. The lowest BCUT2D eigenvalue weighted by molar-refractivity contribution is -0.121. The first-order valence-corrected chi connectivity index (χ1v) is 10.5. The van der Waals surface area contributed by atoms with Gasteiger partial charge < -0.3 is 14.6 Å². The van der Waals surface area contributed by atoms with Crippen molar-refractivity contribution in [1.29, 1.82) is 0 Å². The number of pyridine rings is 1. The zero-order valence-corrected chi connectivity index (χ0v) is 17.7. The Morgan fingerprint density at radius 3 is 2.70 bits per heavy atom. The van der Waals surface area contributed by atoms with Gasteiger partial charge in [-0.1, -0.05) is 12.1 Å². The van der Waals surface area contributed by atoms with Crippen LogP contribution in [-0.2, 0) is 21.9 Å². The second kappa shape index (κ2) is 9.06. The Morgan fingerprint density at radius 1 is 1.27 bits per heavy atom. The fraction of sp³-hybridized carbons (Fsp3) is 0.250. The number of hydrogen-bond donors (Lipinski definition) is 1. The maximum atomic E-state index is 12.8. The van der Waals surface area contributed by atoms with E-state index < -0.39 is 22.0 Å². The van der Waals surface area contributed by atoms with Crippen molar-refractivity contribution in [1.82, 2.24) is 24.2 Å². The summed E-state index contributed by atoms with van der Waals surface area (Å²) in [6, 6.07) is 9.64. The number of imidazole rings is 1. The molecule has 1 atom stereocenters. The third-order valence-electron chi connectivity index (χ3n) is 4.56. The van der Waals surface area contributed by atoms with Crippen LogP contribution >= 0.6 is 0 Å². The van der Waals surface area contributed by atoms with E-state index in [1.165, 1.54) is 31.6 Å². The predicted octanol–water partition coefficient (Wildman–Crippen LogP) is 1.35. The Labute approximate surface area is 175 Å². The van der Waals surface area contributed by atoms with Gasteiger partial charge >= 0.3 is 0 Å². The molecule has 1 aromatic carbocycles. The second-order valence-electron chi connectivity index (χ2n) is 6.62. The lowest BCUT2D eigenvalue weighted by Gasteiger charge is -2.22. The third kappa shape index (κ3) is 4.66. The molecule has 0 fully saturated rings. The average molecular weight is 430 g/mol. The first kappa shape index (κ1) is 21.5. The Morgan fingerprint density at radius 2 is 2.07 bits per heavy atom. The first-order valence-electron chi connectivity index (χ1n) is 9.10. The van der Waals surface area contributed by atoms with Crippen molar-refractivity contribution in [2.24, 2.45) is 7.05 Å². The summed E-state index contributed by atoms with van der Waals surface area (Å²) >= 11 is 0. The summed E-state index contributed by atoms with van der Waals surface area (Å²) in [5.74, 6) is 0.771. The zero-order chi connectivity index (χ0) is 21.7. The standard InChI is InChI=1S/C20H23N5O4S/c1-24-11-10-22-20(24)19(15-6-4-7-16(12-15)29-3)23-18(26)14-25(2)30(27,28)17-8-5-9-21-13-17/h4-13,19H,14H2,1-3H3,(H,23,26). The van der Waals surface area contributed by atoms with Crippen LogP contribution in [0.2, 0.25) is 0 Å². The van der Waals surface area contributed by atoms with Gasteiger partial charge in [-0.15, -0.1) is 0 Å². The SMILES string of the molecule is COc1cccc(C(NC(=O)CN(C)S(=O)(=O)c2cccnc2)c2nccn2C)c1. The van der Waals surface area contributed by atoms with E-state index in [1.54, 1.807) is 36.2 Å². The van der Waals surface area contributed by atoms with Gasteiger partial charge in [0.1, 0.15) is 22.5 Å². The number of hydrogen-bond acceptors (Lipinski definition) is 6. The van der Waals surface area contributed by atoms with Crippen molar-refractivity contribution in [2.75, 3.05) is 20.7 Å². The van der Waals surface area contributed by atoms with E-state index >= 15 is 0 Å². The molecular weight excluding hydrogens is 406 g/mol. The van der Waals surface area contributed by atoms with Gasteiger partial charge in [0.15, 0.2) is 0 Å². The van der Waals surface area contributed by atoms with Gasteiger partial charge in [-0.3, -0.25) is 9.78 Å². The number of likely N-dealkylation sites (N-methyl/N-ethyl adjacent to an activating group) is 1. The number of carbonyl (C=O) groups excluding carboxylic acids is 1. The molecule has 0 bridgehead atoms. The molecule has 0 aliphatic carbocycles. The molecule has 158 valence electrons. The number of carbonyl (C=O) groups is 1. The van der Waals surface area contributed by atoms with Gasteiger partial charge in [0, 0.05) is 38.9 Å². The lowest BCUT2D eigenvalue weighted by atomic mass is 10.1. The van der Waals surface area contributed by atoms with E-state index in [0.717, 1.165) is 9.87 Å². The molecule has 10 heteroatoms. The van der Waals surface area contributed by atoms with E-state index in [0.29, 0.717) is 11.6 Å². The molecule has 1 unspecified atom stereocenters. The summed E-state index contributed by atoms with van der Waals surface area (Å²) in [7, 11) is 0.894. The Hall–Kier alpha value is -3.24. The Kier molecular flexibility index (Phi) is 6.48. The van der Waals surface area contributed by atoms with Crippen LogP contribution in [0.3, 0.4) is 0 Å². The van der Waals surface area contributed by atoms with E-state index in [1.807, 2.05) is 19.2 Å². The van der Waals surface area contributed by atoms with Crippen molar-refractivity contribution >= 4 is 15.9 Å². The molecule has 0 saturated heterocycles. The van der Waals surface area contributed by atoms with Crippen LogP contribution in [0.25, 0.3) is 0 Å². The summed E-state index contributed by atoms with van der Waals surface area (Å²) in [5.41, 5.74) is 0.759. The van der Waals surface area contributed by atoms with Crippen LogP contribution < -0.4 is 10.1 Å². The molecular formula is C20H23N5O4S. The van der Waals surface area contributed by atoms with E-state index in [4.69, 9.17) is 4.74 Å². The number of ether oxygens (including phenoxy) is 1. The number of benzene rings is 1. The maximum Gasteiger partial charge on any atom is 0.244 e. The van der Waals surface area contributed by atoms with Gasteiger partial charge in [0.2, 0.25) is 15.9 Å². The number of nitrogens with one attached hydrogen (secondary N) is 1. The highest BCUT2D eigenvalue weighted by Gasteiger charge is 2.26.